The van der Waals surface area contributed by atoms with E-state index < -0.39 is 41.3 Å². The Balaban J connectivity index is 2.15. The van der Waals surface area contributed by atoms with E-state index in [2.05, 4.69) is 5.32 Å². The molecule has 1 N–H and O–H groups in total. The van der Waals surface area contributed by atoms with Crippen molar-refractivity contribution in [2.24, 2.45) is 0 Å². The summed E-state index contributed by atoms with van der Waals surface area (Å²) in [6.07, 6.45) is 1.15. The average molecular weight is 357 g/mol. The molecule has 0 radical (unpaired) electrons. The molecule has 0 aliphatic carbocycles. The lowest BCUT2D eigenvalue weighted by molar-refractivity contribution is 0.00578. The number of hydrogen-bond acceptors (Lipinski definition) is 5. The summed E-state index contributed by atoms with van der Waals surface area (Å²) < 4.78 is 36.9. The number of carbonyl (C=O) groups excluding carboxylic acids is 1. The summed E-state index contributed by atoms with van der Waals surface area (Å²) in [4.78, 5) is 12.1. The van der Waals surface area contributed by atoms with Gasteiger partial charge in [-0.3, -0.25) is 0 Å². The first-order valence-corrected chi connectivity index (χ1v) is 8.58. The van der Waals surface area contributed by atoms with Crippen LogP contribution < -0.4 is 5.32 Å². The largest absolute Gasteiger partial charge is 0.524 e. The van der Waals surface area contributed by atoms with Crippen molar-refractivity contribution in [2.75, 3.05) is 13.2 Å². The summed E-state index contributed by atoms with van der Waals surface area (Å²) in [5.41, 5.74) is -3.48. The monoisotopic (exact) mass is 357 g/mol. The van der Waals surface area contributed by atoms with Crippen molar-refractivity contribution in [3.63, 3.8) is 0 Å². The lowest BCUT2D eigenvalue weighted by atomic mass is 9.83. The minimum atomic E-state index is -1.11. The van der Waals surface area contributed by atoms with Gasteiger partial charge in [0.15, 0.2) is 0 Å². The maximum absolute atomic E-state index is 14.8. The standard InChI is InChI=1S/C17H29BFNO5/c1-14(2,3)23-13(21)20-17(8-9-22-11-17)10-12(19)18-24-15(4,5)16(6,7)25-18/h10H,8-9,11H2,1-7H3,(H,20,21). The summed E-state index contributed by atoms with van der Waals surface area (Å²) in [7, 11) is -1.11. The smallest absolute Gasteiger partial charge is 0.444 e. The van der Waals surface area contributed by atoms with E-state index in [0.717, 1.165) is 0 Å². The molecule has 0 spiro atoms. The van der Waals surface area contributed by atoms with Gasteiger partial charge in [-0.15, -0.1) is 0 Å². The zero-order chi connectivity index (χ0) is 19.1. The second kappa shape index (κ2) is 6.56. The van der Waals surface area contributed by atoms with E-state index >= 15 is 0 Å². The topological polar surface area (TPSA) is 66.0 Å². The van der Waals surface area contributed by atoms with Crippen LogP contribution in [0, 0.1) is 0 Å². The highest BCUT2D eigenvalue weighted by atomic mass is 19.1. The molecule has 6 nitrogen and oxygen atoms in total. The molecule has 0 aromatic heterocycles. The zero-order valence-corrected chi connectivity index (χ0v) is 16.2. The Morgan fingerprint density at radius 2 is 1.76 bits per heavy atom. The van der Waals surface area contributed by atoms with Crippen LogP contribution in [0.2, 0.25) is 0 Å². The van der Waals surface area contributed by atoms with Gasteiger partial charge in [0.25, 0.3) is 0 Å². The molecule has 0 bridgehead atoms. The van der Waals surface area contributed by atoms with Gasteiger partial charge in [0.2, 0.25) is 0 Å². The predicted molar refractivity (Wildman–Crippen MR) is 92.8 cm³/mol. The molecule has 1 atom stereocenters. The second-order valence-electron chi connectivity index (χ2n) is 8.70. The molecule has 1 unspecified atom stereocenters. The van der Waals surface area contributed by atoms with Gasteiger partial charge < -0.3 is 24.1 Å². The summed E-state index contributed by atoms with van der Waals surface area (Å²) in [6, 6.07) is 0. The summed E-state index contributed by atoms with van der Waals surface area (Å²) >= 11 is 0. The molecule has 8 heteroatoms. The van der Waals surface area contributed by atoms with Gasteiger partial charge >= 0.3 is 13.2 Å². The third kappa shape index (κ3) is 4.74. The number of ether oxygens (including phenoxy) is 2. The van der Waals surface area contributed by atoms with Crippen LogP contribution in [0.4, 0.5) is 9.18 Å². The Bertz CT molecular complexity index is 534. The first kappa shape index (κ1) is 20.2. The van der Waals surface area contributed by atoms with Crippen LogP contribution in [0.3, 0.4) is 0 Å². The highest BCUT2D eigenvalue weighted by molar-refractivity contribution is 6.53. The molecule has 2 aliphatic heterocycles. The zero-order valence-electron chi connectivity index (χ0n) is 16.2. The summed E-state index contributed by atoms with van der Waals surface area (Å²) in [5.74, 6) is 0. The molecule has 25 heavy (non-hydrogen) atoms. The van der Waals surface area contributed by atoms with Crippen molar-refractivity contribution in [3.8, 4) is 0 Å². The molecule has 142 valence electrons. The fourth-order valence-corrected chi connectivity index (χ4v) is 2.62. The molecule has 0 aromatic carbocycles. The van der Waals surface area contributed by atoms with Crippen molar-refractivity contribution in [1.82, 2.24) is 5.32 Å². The lowest BCUT2D eigenvalue weighted by Crippen LogP contribution is -2.49. The van der Waals surface area contributed by atoms with Gasteiger partial charge in [0.05, 0.1) is 23.3 Å². The number of carbonyl (C=O) groups is 1. The van der Waals surface area contributed by atoms with Crippen LogP contribution in [0.1, 0.15) is 54.9 Å². The molecule has 2 fully saturated rings. The van der Waals surface area contributed by atoms with E-state index in [0.29, 0.717) is 13.0 Å². The van der Waals surface area contributed by atoms with E-state index in [-0.39, 0.29) is 6.61 Å². The van der Waals surface area contributed by atoms with E-state index in [1.54, 1.807) is 20.8 Å². The molecule has 0 saturated carbocycles. The molecule has 2 saturated heterocycles. The van der Waals surface area contributed by atoms with Crippen LogP contribution in [-0.4, -0.2) is 48.8 Å². The number of hydrogen-bond donors (Lipinski definition) is 1. The van der Waals surface area contributed by atoms with Gasteiger partial charge in [-0.1, -0.05) is 0 Å². The molecule has 2 heterocycles. The van der Waals surface area contributed by atoms with Crippen LogP contribution in [0.5, 0.6) is 0 Å². The van der Waals surface area contributed by atoms with Crippen molar-refractivity contribution >= 4 is 13.2 Å². The maximum atomic E-state index is 14.8. The quantitative estimate of drug-likeness (QED) is 0.786. The number of rotatable bonds is 3. The van der Waals surface area contributed by atoms with E-state index in [4.69, 9.17) is 18.8 Å². The van der Waals surface area contributed by atoms with Crippen molar-refractivity contribution < 1.29 is 28.0 Å². The highest BCUT2D eigenvalue weighted by Gasteiger charge is 2.53. The normalized spacial score (nSPS) is 29.0. The molecule has 2 aliphatic rings. The fraction of sp³-hybridized carbons (Fsp3) is 0.824. The Labute approximate surface area is 149 Å². The lowest BCUT2D eigenvalue weighted by Gasteiger charge is -2.32. The second-order valence-corrected chi connectivity index (χ2v) is 8.70. The predicted octanol–water partition coefficient (Wildman–Crippen LogP) is 3.16. The number of nitrogens with one attached hydrogen (secondary N) is 1. The van der Waals surface area contributed by atoms with Crippen LogP contribution in [0.15, 0.2) is 11.8 Å². The molecule has 0 aromatic rings. The third-order valence-electron chi connectivity index (χ3n) is 4.69. The number of amides is 1. The Morgan fingerprint density at radius 1 is 1.20 bits per heavy atom. The maximum Gasteiger partial charge on any atom is 0.524 e. The van der Waals surface area contributed by atoms with Crippen LogP contribution in [-0.2, 0) is 18.8 Å². The van der Waals surface area contributed by atoms with Crippen LogP contribution >= 0.6 is 0 Å². The van der Waals surface area contributed by atoms with E-state index in [1.807, 2.05) is 27.7 Å². The number of halogens is 1. The first-order valence-electron chi connectivity index (χ1n) is 8.58. The van der Waals surface area contributed by atoms with Crippen molar-refractivity contribution in [3.05, 3.63) is 11.8 Å². The van der Waals surface area contributed by atoms with Crippen LogP contribution in [0.25, 0.3) is 0 Å². The Kier molecular flexibility index (Phi) is 5.30. The minimum Gasteiger partial charge on any atom is -0.444 e. The van der Waals surface area contributed by atoms with E-state index in [9.17, 15) is 9.18 Å². The SMILES string of the molecule is CC(C)(C)OC(=O)NC1(C=C(F)B2OC(C)(C)C(C)(C)O2)CCOC1. The van der Waals surface area contributed by atoms with Gasteiger partial charge in [-0.2, -0.15) is 0 Å². The van der Waals surface area contributed by atoms with E-state index in [1.165, 1.54) is 6.08 Å². The number of alkyl carbamates (subject to hydrolysis) is 1. The average Bonchev–Trinajstić information content (AvgIpc) is 2.90. The van der Waals surface area contributed by atoms with Gasteiger partial charge in [0.1, 0.15) is 11.3 Å². The third-order valence-corrected chi connectivity index (χ3v) is 4.69. The van der Waals surface area contributed by atoms with Crippen molar-refractivity contribution in [2.45, 2.75) is 77.2 Å². The first-order chi connectivity index (χ1) is 11.3. The van der Waals surface area contributed by atoms with Crippen molar-refractivity contribution in [1.29, 1.82) is 0 Å². The fourth-order valence-electron chi connectivity index (χ4n) is 2.62. The molecular weight excluding hydrogens is 328 g/mol. The molecule has 2 rings (SSSR count). The van der Waals surface area contributed by atoms with Gasteiger partial charge in [-0.05, 0) is 61.0 Å². The van der Waals surface area contributed by atoms with Gasteiger partial charge in [-0.25, -0.2) is 9.18 Å². The minimum absolute atomic E-state index is 0.166. The molecule has 1 amide bonds. The Morgan fingerprint density at radius 3 is 2.20 bits per heavy atom. The summed E-state index contributed by atoms with van der Waals surface area (Å²) in [6.45, 7) is 13.3. The molecular formula is C17H29BFNO5. The highest BCUT2D eigenvalue weighted by Crippen LogP contribution is 2.39. The Hall–Kier alpha value is -1.12. The van der Waals surface area contributed by atoms with Gasteiger partial charge in [0, 0.05) is 6.61 Å². The summed E-state index contributed by atoms with van der Waals surface area (Å²) in [5, 5.41) is 2.73.